The average Bonchev–Trinajstić information content (AvgIpc) is 3.35. The van der Waals surface area contributed by atoms with E-state index in [1.165, 1.54) is 65.6 Å². The van der Waals surface area contributed by atoms with Gasteiger partial charge in [0.05, 0.1) is 0 Å². The van der Waals surface area contributed by atoms with Gasteiger partial charge >= 0.3 is 24.1 Å². The highest BCUT2D eigenvalue weighted by Crippen LogP contribution is 2.24. The summed E-state index contributed by atoms with van der Waals surface area (Å²) in [6, 6.07) is 6.22. The lowest BCUT2D eigenvalue weighted by Crippen LogP contribution is -2.60. The number of nitrogens with zero attached hydrogens (tertiary/aromatic N) is 4. The van der Waals surface area contributed by atoms with Crippen molar-refractivity contribution in [3.63, 3.8) is 0 Å². The summed E-state index contributed by atoms with van der Waals surface area (Å²) in [6.07, 6.45) is -2.12. The normalized spacial score (nSPS) is 25.2. The van der Waals surface area contributed by atoms with E-state index in [2.05, 4.69) is 21.3 Å². The number of hydrogen-bond acceptors (Lipinski definition) is 16. The quantitative estimate of drug-likeness (QED) is 0.217. The van der Waals surface area contributed by atoms with Crippen LogP contribution in [0.25, 0.3) is 0 Å². The van der Waals surface area contributed by atoms with Gasteiger partial charge in [-0.1, -0.05) is 88.4 Å². The van der Waals surface area contributed by atoms with E-state index in [0.29, 0.717) is 11.1 Å². The smallest absolute Gasteiger partial charge is 0.408 e. The van der Waals surface area contributed by atoms with Crippen molar-refractivity contribution in [2.45, 2.75) is 103 Å². The maximum atomic E-state index is 14.7. The molecule has 0 saturated carbocycles. The van der Waals surface area contributed by atoms with Crippen LogP contribution in [-0.2, 0) is 70.5 Å². The number of likely N-dealkylation sites (N-methyl/N-ethyl adjacent to an activating group) is 4. The molecule has 0 spiro atoms. The lowest BCUT2D eigenvalue weighted by molar-refractivity contribution is -0.160. The summed E-state index contributed by atoms with van der Waals surface area (Å²) in [5.41, 5.74) is 1.28. The fraction of sp³-hybridized carbons (Fsp3) is 0.551. The van der Waals surface area contributed by atoms with Crippen LogP contribution < -0.4 is 21.3 Å². The number of cyclic esters (lactones) is 2. The Morgan fingerprint density at radius 3 is 1.25 bits per heavy atom. The number of carbonyl (C=O) groups is 10. The molecule has 2 aromatic rings. The van der Waals surface area contributed by atoms with Crippen molar-refractivity contribution in [3.8, 4) is 0 Å². The van der Waals surface area contributed by atoms with E-state index >= 15 is 0 Å². The molecule has 24 heteroatoms. The zero-order valence-electron chi connectivity index (χ0n) is 42.8. The summed E-state index contributed by atoms with van der Waals surface area (Å²) >= 11 is 2.43. The molecule has 0 aliphatic carbocycles. The van der Waals surface area contributed by atoms with Crippen LogP contribution in [0, 0.1) is 11.8 Å². The molecule has 2 bridgehead atoms. The number of nitrogens with one attached hydrogen (secondary N) is 4. The molecule has 400 valence electrons. The molecule has 8 amide bonds. The van der Waals surface area contributed by atoms with E-state index < -0.39 is 133 Å². The lowest BCUT2D eigenvalue weighted by Gasteiger charge is -2.36. The maximum absolute atomic E-state index is 14.7. The van der Waals surface area contributed by atoms with Gasteiger partial charge in [0, 0.05) is 44.8 Å². The SMILES string of the molecule is CC(C)[C@H]1C(=O)OC[C@@H](NC(=O)OCc2ccccc2)C(=O)N[C@@H](C)C(=O)N(C)[C@H]2CSCSC[C@@H](C(=O)N1C)N(C)C(=O)[C@H](C)NC(=O)[C@H](NC(=O)OCc1ccccc1)COC(=O)[C@H](C(C)C)N(C)C2=O. The molecule has 73 heavy (non-hydrogen) atoms. The van der Waals surface area contributed by atoms with E-state index in [0.717, 1.165) is 19.6 Å². The molecular formula is C49H68N8O14S2. The Bertz CT molecular complexity index is 2120. The van der Waals surface area contributed by atoms with Crippen molar-refractivity contribution >= 4 is 83.1 Å². The zero-order valence-corrected chi connectivity index (χ0v) is 44.5. The monoisotopic (exact) mass is 1060 g/mol. The zero-order chi connectivity index (χ0) is 54.1. The van der Waals surface area contributed by atoms with Crippen molar-refractivity contribution in [2.75, 3.05) is 58.0 Å². The van der Waals surface area contributed by atoms with Gasteiger partial charge in [-0.2, -0.15) is 0 Å². The summed E-state index contributed by atoms with van der Waals surface area (Å²) in [7, 11) is 5.40. The Morgan fingerprint density at radius 2 is 0.918 bits per heavy atom. The van der Waals surface area contributed by atoms with Gasteiger partial charge < -0.3 is 59.8 Å². The molecule has 2 aliphatic heterocycles. The highest BCUT2D eigenvalue weighted by Gasteiger charge is 2.42. The first-order chi connectivity index (χ1) is 34.5. The van der Waals surface area contributed by atoms with Crippen LogP contribution in [-0.4, -0.2) is 185 Å². The second-order valence-electron chi connectivity index (χ2n) is 18.3. The lowest BCUT2D eigenvalue weighted by atomic mass is 10.0. The fourth-order valence-corrected chi connectivity index (χ4v) is 10.3. The molecule has 2 aliphatic rings. The first-order valence-electron chi connectivity index (χ1n) is 23.6. The van der Waals surface area contributed by atoms with Gasteiger partial charge in [0.2, 0.25) is 35.4 Å². The third-order valence-corrected chi connectivity index (χ3v) is 14.5. The number of fused-ring (bicyclic) bond motifs is 6. The highest BCUT2D eigenvalue weighted by molar-refractivity contribution is 8.16. The number of hydrogen-bond donors (Lipinski definition) is 4. The molecule has 0 unspecified atom stereocenters. The van der Waals surface area contributed by atoms with Crippen molar-refractivity contribution in [1.82, 2.24) is 40.9 Å². The predicted octanol–water partition coefficient (Wildman–Crippen LogP) is 1.74. The molecule has 4 rings (SSSR count). The summed E-state index contributed by atoms with van der Waals surface area (Å²) in [6.45, 7) is 7.42. The number of ether oxygens (including phenoxy) is 4. The Kier molecular flexibility index (Phi) is 22.7. The average molecular weight is 1060 g/mol. The highest BCUT2D eigenvalue weighted by atomic mass is 32.2. The van der Waals surface area contributed by atoms with Gasteiger partial charge in [-0.25, -0.2) is 19.2 Å². The Balaban J connectivity index is 1.79. The third-order valence-electron chi connectivity index (χ3n) is 12.1. The van der Waals surface area contributed by atoms with Gasteiger partial charge in [0.15, 0.2) is 0 Å². The second-order valence-corrected chi connectivity index (χ2v) is 20.7. The standard InChI is InChI=1S/C49H68N8O14S2/c1-28(2)38-46(64)68-23-34(52-48(66)70-21-32-17-13-11-14-18-32)40(58)50-31(6)43(61)55(8)37-26-73-27-72-25-36(44(62)56(38)9)54(7)42(60)30(5)51-41(59)35(53-49(67)71-22-33-19-15-12-16-20-33)24-69-47(65)39(29(3)4)57(10)45(37)63/h11-20,28-31,34-39H,21-27H2,1-10H3,(H,50,58)(H,51,59)(H,52,66)(H,53,67)/t30-,31-,34+,35+,36-,37-,38-,39-/m0/s1. The van der Waals surface area contributed by atoms with Gasteiger partial charge in [0.25, 0.3) is 0 Å². The minimum absolute atomic E-state index is 0.0615. The largest absolute Gasteiger partial charge is 0.461 e. The molecular weight excluding hydrogens is 989 g/mol. The fourth-order valence-electron chi connectivity index (χ4n) is 7.93. The molecule has 2 heterocycles. The van der Waals surface area contributed by atoms with Crippen molar-refractivity contribution in [1.29, 1.82) is 0 Å². The number of thioether (sulfide) groups is 2. The number of benzene rings is 2. The molecule has 2 saturated heterocycles. The van der Waals surface area contributed by atoms with Crippen LogP contribution in [0.5, 0.6) is 0 Å². The maximum Gasteiger partial charge on any atom is 0.408 e. The molecule has 2 fully saturated rings. The molecule has 2 aromatic carbocycles. The van der Waals surface area contributed by atoms with Crippen molar-refractivity contribution in [3.05, 3.63) is 71.8 Å². The Labute approximate surface area is 434 Å². The summed E-state index contributed by atoms with van der Waals surface area (Å²) < 4.78 is 22.0. The number of alkyl carbamates (subject to hydrolysis) is 2. The Morgan fingerprint density at radius 1 is 0.575 bits per heavy atom. The van der Waals surface area contributed by atoms with Crippen LogP contribution in [0.2, 0.25) is 0 Å². The van der Waals surface area contributed by atoms with Crippen LogP contribution in [0.3, 0.4) is 0 Å². The van der Waals surface area contributed by atoms with E-state index in [9.17, 15) is 47.9 Å². The molecule has 0 aromatic heterocycles. The van der Waals surface area contributed by atoms with E-state index in [4.69, 9.17) is 18.9 Å². The molecule has 4 N–H and O–H groups in total. The molecule has 0 radical (unpaired) electrons. The molecule has 22 nitrogen and oxygen atoms in total. The van der Waals surface area contributed by atoms with E-state index in [-0.39, 0.29) is 29.8 Å². The molecule has 8 atom stereocenters. The summed E-state index contributed by atoms with van der Waals surface area (Å²) in [5.74, 6) is -8.10. The minimum Gasteiger partial charge on any atom is -0.461 e. The van der Waals surface area contributed by atoms with Crippen LogP contribution in [0.15, 0.2) is 60.7 Å². The van der Waals surface area contributed by atoms with Crippen LogP contribution in [0.1, 0.15) is 52.7 Å². The van der Waals surface area contributed by atoms with Gasteiger partial charge in [0.1, 0.15) is 74.8 Å². The van der Waals surface area contributed by atoms with Crippen LogP contribution in [0.4, 0.5) is 9.59 Å². The predicted molar refractivity (Wildman–Crippen MR) is 270 cm³/mol. The van der Waals surface area contributed by atoms with Crippen LogP contribution >= 0.6 is 23.5 Å². The number of rotatable bonds is 8. The number of amides is 8. The Hall–Kier alpha value is -6.56. The topological polar surface area (TPSA) is 269 Å². The van der Waals surface area contributed by atoms with Gasteiger partial charge in [-0.15, -0.1) is 23.5 Å². The minimum atomic E-state index is -1.64. The van der Waals surface area contributed by atoms with Gasteiger partial charge in [-0.05, 0) is 36.8 Å². The van der Waals surface area contributed by atoms with Gasteiger partial charge in [-0.3, -0.25) is 28.8 Å². The number of esters is 2. The first-order valence-corrected chi connectivity index (χ1v) is 25.9. The first kappa shape index (κ1) is 59.0. The number of carbonyl (C=O) groups excluding carboxylic acids is 10. The van der Waals surface area contributed by atoms with E-state index in [1.807, 2.05) is 0 Å². The summed E-state index contributed by atoms with van der Waals surface area (Å²) in [4.78, 5) is 145. The van der Waals surface area contributed by atoms with Crippen molar-refractivity contribution in [2.24, 2.45) is 11.8 Å². The van der Waals surface area contributed by atoms with Crippen molar-refractivity contribution < 1.29 is 66.9 Å². The van der Waals surface area contributed by atoms with E-state index in [1.54, 1.807) is 88.4 Å². The third kappa shape index (κ3) is 16.7. The summed E-state index contributed by atoms with van der Waals surface area (Å²) in [5, 5.41) is 10.1. The second kappa shape index (κ2) is 28.0.